The first-order valence-corrected chi connectivity index (χ1v) is 8.29. The molecular weight excluding hydrogens is 351 g/mol. The zero-order valence-electron chi connectivity index (χ0n) is 13.2. The Hall–Kier alpha value is -2.48. The number of methoxy groups -OCH3 is 1. The minimum Gasteiger partial charge on any atom is -0.497 e. The van der Waals surface area contributed by atoms with Gasteiger partial charge in [0.2, 0.25) is 0 Å². The van der Waals surface area contributed by atoms with Crippen LogP contribution in [0.1, 0.15) is 11.1 Å². The summed E-state index contributed by atoms with van der Waals surface area (Å²) in [6.45, 7) is 0. The summed E-state index contributed by atoms with van der Waals surface area (Å²) in [5, 5.41) is 8.64. The fourth-order valence-corrected chi connectivity index (χ4v) is 3.08. The van der Waals surface area contributed by atoms with Crippen LogP contribution >= 0.6 is 11.8 Å². The van der Waals surface area contributed by atoms with Gasteiger partial charge in [-0.1, -0.05) is 30.0 Å². The first-order chi connectivity index (χ1) is 12.0. The lowest BCUT2D eigenvalue weighted by molar-refractivity contribution is -0.137. The summed E-state index contributed by atoms with van der Waals surface area (Å²) in [5.74, 6) is 1.20. The van der Waals surface area contributed by atoms with Gasteiger partial charge in [0.1, 0.15) is 12.1 Å². The molecule has 0 bridgehead atoms. The summed E-state index contributed by atoms with van der Waals surface area (Å²) in [4.78, 5) is 0. The quantitative estimate of drug-likeness (QED) is 0.620. The molecule has 25 heavy (non-hydrogen) atoms. The first kappa shape index (κ1) is 17.3. The molecule has 0 atom stereocenters. The molecule has 0 fully saturated rings. The van der Waals surface area contributed by atoms with Crippen LogP contribution in [0.4, 0.5) is 13.2 Å². The van der Waals surface area contributed by atoms with Crippen molar-refractivity contribution in [1.82, 2.24) is 14.8 Å². The SMILES string of the molecule is COc1cccc(-n2cnnc2SCc2ccc(C(F)(F)F)cc2)c1. The van der Waals surface area contributed by atoms with E-state index in [2.05, 4.69) is 10.2 Å². The van der Waals surface area contributed by atoms with E-state index >= 15 is 0 Å². The molecule has 0 saturated heterocycles. The van der Waals surface area contributed by atoms with E-state index in [9.17, 15) is 13.2 Å². The van der Waals surface area contributed by atoms with Crippen LogP contribution in [0, 0.1) is 0 Å². The molecule has 4 nitrogen and oxygen atoms in total. The van der Waals surface area contributed by atoms with Crippen LogP contribution in [-0.4, -0.2) is 21.9 Å². The molecule has 0 spiro atoms. The summed E-state index contributed by atoms with van der Waals surface area (Å²) in [6, 6.07) is 12.6. The molecule has 0 aliphatic heterocycles. The third-order valence-corrected chi connectivity index (χ3v) is 4.51. The van der Waals surface area contributed by atoms with Crippen molar-refractivity contribution in [1.29, 1.82) is 0 Å². The van der Waals surface area contributed by atoms with E-state index in [1.165, 1.54) is 23.9 Å². The zero-order valence-corrected chi connectivity index (χ0v) is 14.0. The molecule has 0 unspecified atom stereocenters. The second-order valence-corrected chi connectivity index (χ2v) is 6.11. The molecule has 0 saturated carbocycles. The van der Waals surface area contributed by atoms with Gasteiger partial charge in [0, 0.05) is 11.8 Å². The Bertz CT molecular complexity index is 847. The molecule has 1 aromatic heterocycles. The number of halogens is 3. The van der Waals surface area contributed by atoms with Crippen molar-refractivity contribution in [3.63, 3.8) is 0 Å². The second-order valence-electron chi connectivity index (χ2n) is 5.17. The monoisotopic (exact) mass is 365 g/mol. The number of benzene rings is 2. The third-order valence-electron chi connectivity index (χ3n) is 3.50. The molecule has 0 aliphatic rings. The van der Waals surface area contributed by atoms with E-state index in [1.807, 2.05) is 24.3 Å². The molecule has 0 radical (unpaired) electrons. The highest BCUT2D eigenvalue weighted by atomic mass is 32.2. The van der Waals surface area contributed by atoms with Gasteiger partial charge in [-0.3, -0.25) is 4.57 Å². The van der Waals surface area contributed by atoms with Crippen molar-refractivity contribution in [3.8, 4) is 11.4 Å². The van der Waals surface area contributed by atoms with Crippen LogP contribution in [-0.2, 0) is 11.9 Å². The molecule has 2 aromatic carbocycles. The van der Waals surface area contributed by atoms with E-state index in [-0.39, 0.29) is 0 Å². The highest BCUT2D eigenvalue weighted by molar-refractivity contribution is 7.98. The number of hydrogen-bond donors (Lipinski definition) is 0. The lowest BCUT2D eigenvalue weighted by atomic mass is 10.1. The van der Waals surface area contributed by atoms with E-state index in [0.717, 1.165) is 23.4 Å². The van der Waals surface area contributed by atoms with E-state index < -0.39 is 11.7 Å². The van der Waals surface area contributed by atoms with Gasteiger partial charge >= 0.3 is 6.18 Å². The van der Waals surface area contributed by atoms with Crippen LogP contribution in [0.5, 0.6) is 5.75 Å². The maximum atomic E-state index is 12.6. The van der Waals surface area contributed by atoms with Crippen molar-refractivity contribution in [2.24, 2.45) is 0 Å². The van der Waals surface area contributed by atoms with Crippen molar-refractivity contribution >= 4 is 11.8 Å². The van der Waals surface area contributed by atoms with Crippen molar-refractivity contribution < 1.29 is 17.9 Å². The number of nitrogens with zero attached hydrogens (tertiary/aromatic N) is 3. The number of rotatable bonds is 5. The fraction of sp³-hybridized carbons (Fsp3) is 0.176. The first-order valence-electron chi connectivity index (χ1n) is 7.31. The van der Waals surface area contributed by atoms with Gasteiger partial charge in [0.05, 0.1) is 18.4 Å². The smallest absolute Gasteiger partial charge is 0.416 e. The van der Waals surface area contributed by atoms with Crippen molar-refractivity contribution in [2.45, 2.75) is 17.1 Å². The van der Waals surface area contributed by atoms with E-state index in [0.29, 0.717) is 16.7 Å². The molecule has 0 amide bonds. The summed E-state index contributed by atoms with van der Waals surface area (Å²) in [5.41, 5.74) is 0.971. The number of thioether (sulfide) groups is 1. The number of alkyl halides is 3. The Morgan fingerprint density at radius 3 is 2.56 bits per heavy atom. The number of aromatic nitrogens is 3. The molecule has 3 rings (SSSR count). The Balaban J connectivity index is 1.73. The maximum Gasteiger partial charge on any atom is 0.416 e. The summed E-state index contributed by atoms with van der Waals surface area (Å²) in [6.07, 6.45) is -2.73. The molecule has 8 heteroatoms. The lowest BCUT2D eigenvalue weighted by Crippen LogP contribution is -2.04. The third kappa shape index (κ3) is 4.14. The second kappa shape index (κ2) is 7.18. The van der Waals surface area contributed by atoms with Gasteiger partial charge in [-0.2, -0.15) is 13.2 Å². The van der Waals surface area contributed by atoms with Crippen molar-refractivity contribution in [3.05, 3.63) is 66.0 Å². The largest absolute Gasteiger partial charge is 0.497 e. The minimum atomic E-state index is -4.32. The van der Waals surface area contributed by atoms with Gasteiger partial charge in [-0.15, -0.1) is 10.2 Å². The average molecular weight is 365 g/mol. The minimum absolute atomic E-state index is 0.487. The van der Waals surface area contributed by atoms with E-state index in [4.69, 9.17) is 4.74 Å². The fourth-order valence-electron chi connectivity index (χ4n) is 2.20. The van der Waals surface area contributed by atoms with Gasteiger partial charge in [0.15, 0.2) is 5.16 Å². The van der Waals surface area contributed by atoms with Gasteiger partial charge in [0.25, 0.3) is 0 Å². The summed E-state index contributed by atoms with van der Waals surface area (Å²) >= 11 is 1.40. The van der Waals surface area contributed by atoms with E-state index in [1.54, 1.807) is 18.0 Å². The van der Waals surface area contributed by atoms with Gasteiger partial charge in [-0.05, 0) is 29.8 Å². The molecular formula is C17H14F3N3OS. The highest BCUT2D eigenvalue weighted by Crippen LogP contribution is 2.30. The Kier molecular flexibility index (Phi) is 4.98. The van der Waals surface area contributed by atoms with Crippen LogP contribution in [0.2, 0.25) is 0 Å². The Labute approximate surface area is 146 Å². The maximum absolute atomic E-state index is 12.6. The Morgan fingerprint density at radius 1 is 1.12 bits per heavy atom. The lowest BCUT2D eigenvalue weighted by Gasteiger charge is -2.09. The zero-order chi connectivity index (χ0) is 17.9. The molecule has 3 aromatic rings. The van der Waals surface area contributed by atoms with Crippen LogP contribution in [0.15, 0.2) is 60.0 Å². The number of ether oxygens (including phenoxy) is 1. The molecule has 0 N–H and O–H groups in total. The van der Waals surface area contributed by atoms with Crippen LogP contribution in [0.25, 0.3) is 5.69 Å². The molecule has 1 heterocycles. The highest BCUT2D eigenvalue weighted by Gasteiger charge is 2.29. The average Bonchev–Trinajstić information content (AvgIpc) is 3.08. The summed E-state index contributed by atoms with van der Waals surface area (Å²) in [7, 11) is 1.59. The predicted octanol–water partition coefficient (Wildman–Crippen LogP) is 4.59. The standard InChI is InChI=1S/C17H14F3N3OS/c1-24-15-4-2-3-14(9-15)23-11-21-22-16(23)25-10-12-5-7-13(8-6-12)17(18,19)20/h2-9,11H,10H2,1H3. The molecule has 0 aliphatic carbocycles. The molecule has 130 valence electrons. The topological polar surface area (TPSA) is 39.9 Å². The van der Waals surface area contributed by atoms with Crippen LogP contribution in [0.3, 0.4) is 0 Å². The van der Waals surface area contributed by atoms with Gasteiger partial charge < -0.3 is 4.74 Å². The predicted molar refractivity (Wildman–Crippen MR) is 88.9 cm³/mol. The van der Waals surface area contributed by atoms with Crippen LogP contribution < -0.4 is 4.74 Å². The number of hydrogen-bond acceptors (Lipinski definition) is 4. The normalized spacial score (nSPS) is 11.5. The van der Waals surface area contributed by atoms with Gasteiger partial charge in [-0.25, -0.2) is 0 Å². The van der Waals surface area contributed by atoms with Crippen molar-refractivity contribution in [2.75, 3.05) is 7.11 Å². The summed E-state index contributed by atoms with van der Waals surface area (Å²) < 4.78 is 44.8. The Morgan fingerprint density at radius 2 is 1.88 bits per heavy atom.